The molecule has 0 fully saturated rings. The number of carbonyl (C=O) groups is 2. The van der Waals surface area contributed by atoms with Crippen molar-refractivity contribution in [3.05, 3.63) is 77.9 Å². The monoisotopic (exact) mass is 471 g/mol. The molecule has 0 aliphatic rings. The van der Waals surface area contributed by atoms with E-state index in [0.717, 1.165) is 11.4 Å². The van der Waals surface area contributed by atoms with Crippen LogP contribution in [0.25, 0.3) is 11.5 Å². The van der Waals surface area contributed by atoms with Crippen molar-refractivity contribution in [1.29, 1.82) is 0 Å². The highest BCUT2D eigenvalue weighted by molar-refractivity contribution is 5.90. The molecule has 0 spiro atoms. The Balaban J connectivity index is 1.51. The molecule has 0 aliphatic heterocycles. The van der Waals surface area contributed by atoms with E-state index in [1.165, 1.54) is 26.6 Å². The number of carbonyl (C=O) groups excluding carboxylic acids is 2. The van der Waals surface area contributed by atoms with Crippen LogP contribution in [0.2, 0.25) is 0 Å². The highest BCUT2D eigenvalue weighted by Gasteiger charge is 2.11. The normalized spacial score (nSPS) is 10.4. The van der Waals surface area contributed by atoms with Gasteiger partial charge in [0, 0.05) is 35.7 Å². The Morgan fingerprint density at radius 2 is 1.46 bits per heavy atom. The molecule has 0 amide bonds. The molecule has 3 aromatic heterocycles. The second-order valence-electron chi connectivity index (χ2n) is 7.25. The smallest absolute Gasteiger partial charge is 0.341 e. The summed E-state index contributed by atoms with van der Waals surface area (Å²) in [6.45, 7) is 1.85. The van der Waals surface area contributed by atoms with Crippen molar-refractivity contribution >= 4 is 35.1 Å². The van der Waals surface area contributed by atoms with Crippen LogP contribution in [0.5, 0.6) is 0 Å². The van der Waals surface area contributed by atoms with Crippen molar-refractivity contribution in [3.63, 3.8) is 0 Å². The predicted molar refractivity (Wildman–Crippen MR) is 128 cm³/mol. The van der Waals surface area contributed by atoms with Crippen molar-refractivity contribution in [2.75, 3.05) is 24.9 Å². The maximum absolute atomic E-state index is 11.6. The van der Waals surface area contributed by atoms with E-state index in [-0.39, 0.29) is 5.56 Å². The molecule has 176 valence electrons. The van der Waals surface area contributed by atoms with Crippen molar-refractivity contribution in [2.24, 2.45) is 0 Å². The quantitative estimate of drug-likeness (QED) is 0.381. The van der Waals surface area contributed by atoms with Gasteiger partial charge in [0.05, 0.1) is 25.3 Å². The maximum Gasteiger partial charge on any atom is 0.341 e. The minimum atomic E-state index is -0.510. The summed E-state index contributed by atoms with van der Waals surface area (Å²) in [5.74, 6) is 0.366. The number of nitrogens with one attached hydrogen (secondary N) is 2. The number of esters is 2. The number of hydrogen-bond acceptors (Lipinski definition) is 11. The summed E-state index contributed by atoms with van der Waals surface area (Å²) >= 11 is 0. The number of anilines is 4. The topological polar surface area (TPSA) is 141 Å². The second kappa shape index (κ2) is 10.3. The summed E-state index contributed by atoms with van der Waals surface area (Å²) in [4.78, 5) is 44.8. The number of benzene rings is 1. The molecular formula is C24H21N7O4. The lowest BCUT2D eigenvalue weighted by Crippen LogP contribution is -2.04. The molecular weight excluding hydrogens is 450 g/mol. The second-order valence-corrected chi connectivity index (χ2v) is 7.25. The number of pyridine rings is 1. The van der Waals surface area contributed by atoms with E-state index in [1.54, 1.807) is 42.6 Å². The first-order valence-electron chi connectivity index (χ1n) is 10.4. The Morgan fingerprint density at radius 1 is 0.771 bits per heavy atom. The molecule has 11 heteroatoms. The Hall–Kier alpha value is -4.93. The van der Waals surface area contributed by atoms with Gasteiger partial charge in [0.2, 0.25) is 5.95 Å². The van der Waals surface area contributed by atoms with Gasteiger partial charge in [-0.1, -0.05) is 0 Å². The third kappa shape index (κ3) is 5.71. The third-order valence-corrected chi connectivity index (χ3v) is 4.75. The molecule has 0 radical (unpaired) electrons. The van der Waals surface area contributed by atoms with Crippen LogP contribution in [0, 0.1) is 6.92 Å². The standard InChI is InChI=1S/C24H21N7O4/c1-14-10-18(11-19(28-14)21-26-12-16(13-27-21)23(33)35-3)29-20-8-9-25-24(31-20)30-17-6-4-15(5-7-17)22(32)34-2/h4-13H,1-3H3,(H2,25,28,29,30,31). The van der Waals surface area contributed by atoms with Gasteiger partial charge >= 0.3 is 11.9 Å². The van der Waals surface area contributed by atoms with Crippen LogP contribution in [0.4, 0.5) is 23.1 Å². The van der Waals surface area contributed by atoms with Gasteiger partial charge in [0.1, 0.15) is 11.5 Å². The van der Waals surface area contributed by atoms with Crippen molar-refractivity contribution < 1.29 is 19.1 Å². The molecule has 0 atom stereocenters. The molecule has 3 heterocycles. The van der Waals surface area contributed by atoms with Gasteiger partial charge in [-0.05, 0) is 49.4 Å². The molecule has 35 heavy (non-hydrogen) atoms. The predicted octanol–water partition coefficient (Wildman–Crippen LogP) is 3.70. The number of rotatable bonds is 7. The number of aromatic nitrogens is 5. The first kappa shape index (κ1) is 23.2. The van der Waals surface area contributed by atoms with Gasteiger partial charge in [-0.15, -0.1) is 0 Å². The van der Waals surface area contributed by atoms with Crippen molar-refractivity contribution in [3.8, 4) is 11.5 Å². The van der Waals surface area contributed by atoms with Gasteiger partial charge in [0.15, 0.2) is 5.82 Å². The molecule has 0 bridgehead atoms. The van der Waals surface area contributed by atoms with Crippen molar-refractivity contribution in [1.82, 2.24) is 24.9 Å². The van der Waals surface area contributed by atoms with Crippen LogP contribution in [0.1, 0.15) is 26.4 Å². The van der Waals surface area contributed by atoms with E-state index >= 15 is 0 Å². The van der Waals surface area contributed by atoms with Crippen LogP contribution in [-0.4, -0.2) is 51.1 Å². The Labute approximate surface area is 200 Å². The lowest BCUT2D eigenvalue weighted by atomic mass is 10.2. The van der Waals surface area contributed by atoms with Gasteiger partial charge in [0.25, 0.3) is 0 Å². The fraction of sp³-hybridized carbons (Fsp3) is 0.125. The van der Waals surface area contributed by atoms with E-state index in [1.807, 2.05) is 13.0 Å². The Morgan fingerprint density at radius 3 is 2.14 bits per heavy atom. The molecule has 0 aliphatic carbocycles. The van der Waals surface area contributed by atoms with Gasteiger partial charge < -0.3 is 20.1 Å². The van der Waals surface area contributed by atoms with E-state index < -0.39 is 11.9 Å². The average molecular weight is 471 g/mol. The van der Waals surface area contributed by atoms with E-state index in [0.29, 0.717) is 34.5 Å². The van der Waals surface area contributed by atoms with Gasteiger partial charge in [-0.3, -0.25) is 0 Å². The molecule has 0 saturated carbocycles. The van der Waals surface area contributed by atoms with E-state index in [9.17, 15) is 9.59 Å². The van der Waals surface area contributed by atoms with Crippen LogP contribution in [0.15, 0.2) is 61.1 Å². The molecule has 1 aromatic carbocycles. The maximum atomic E-state index is 11.6. The summed E-state index contributed by atoms with van der Waals surface area (Å²) in [5.41, 5.74) is 3.40. The Kier molecular flexibility index (Phi) is 6.86. The lowest BCUT2D eigenvalue weighted by Gasteiger charge is -2.10. The third-order valence-electron chi connectivity index (χ3n) is 4.75. The zero-order valence-electron chi connectivity index (χ0n) is 19.1. The zero-order valence-corrected chi connectivity index (χ0v) is 19.1. The average Bonchev–Trinajstić information content (AvgIpc) is 2.88. The molecule has 4 aromatic rings. The number of nitrogens with zero attached hydrogens (tertiary/aromatic N) is 5. The SMILES string of the molecule is COC(=O)c1ccc(Nc2nccc(Nc3cc(C)nc(-c4ncc(C(=O)OC)cn4)c3)n2)cc1. The summed E-state index contributed by atoms with van der Waals surface area (Å²) in [6.07, 6.45) is 4.40. The molecule has 2 N–H and O–H groups in total. The fourth-order valence-corrected chi connectivity index (χ4v) is 3.11. The summed E-state index contributed by atoms with van der Waals surface area (Å²) in [6, 6.07) is 12.1. The highest BCUT2D eigenvalue weighted by Crippen LogP contribution is 2.22. The first-order valence-corrected chi connectivity index (χ1v) is 10.4. The number of hydrogen-bond donors (Lipinski definition) is 2. The van der Waals surface area contributed by atoms with Crippen LogP contribution in [0.3, 0.4) is 0 Å². The van der Waals surface area contributed by atoms with Gasteiger partial charge in [-0.2, -0.15) is 4.98 Å². The minimum absolute atomic E-state index is 0.253. The number of aryl methyl sites for hydroxylation is 1. The molecule has 11 nitrogen and oxygen atoms in total. The number of methoxy groups -OCH3 is 2. The fourth-order valence-electron chi connectivity index (χ4n) is 3.11. The highest BCUT2D eigenvalue weighted by atomic mass is 16.5. The Bertz CT molecular complexity index is 1360. The molecule has 0 unspecified atom stereocenters. The summed E-state index contributed by atoms with van der Waals surface area (Å²) in [7, 11) is 2.63. The minimum Gasteiger partial charge on any atom is -0.465 e. The lowest BCUT2D eigenvalue weighted by molar-refractivity contribution is 0.0591. The van der Waals surface area contributed by atoms with E-state index in [4.69, 9.17) is 4.74 Å². The molecule has 0 saturated heterocycles. The first-order chi connectivity index (χ1) is 16.9. The summed E-state index contributed by atoms with van der Waals surface area (Å²) < 4.78 is 9.38. The van der Waals surface area contributed by atoms with Crippen LogP contribution >= 0.6 is 0 Å². The number of ether oxygens (including phenoxy) is 2. The zero-order chi connectivity index (χ0) is 24.8. The van der Waals surface area contributed by atoms with Crippen LogP contribution in [-0.2, 0) is 9.47 Å². The summed E-state index contributed by atoms with van der Waals surface area (Å²) in [5, 5.41) is 6.33. The molecule has 4 rings (SSSR count). The van der Waals surface area contributed by atoms with Crippen molar-refractivity contribution in [2.45, 2.75) is 6.92 Å². The van der Waals surface area contributed by atoms with Crippen LogP contribution < -0.4 is 10.6 Å². The largest absolute Gasteiger partial charge is 0.465 e. The van der Waals surface area contributed by atoms with E-state index in [2.05, 4.69) is 40.3 Å². The van der Waals surface area contributed by atoms with Gasteiger partial charge in [-0.25, -0.2) is 29.5 Å².